The van der Waals surface area contributed by atoms with Gasteiger partial charge in [-0.15, -0.1) is 0 Å². The second-order valence-corrected chi connectivity index (χ2v) is 4.08. The lowest BCUT2D eigenvalue weighted by Gasteiger charge is -2.17. The zero-order chi connectivity index (χ0) is 10.1. The fourth-order valence-corrected chi connectivity index (χ4v) is 2.21. The Bertz CT molecular complexity index is 473. The van der Waals surface area contributed by atoms with Crippen LogP contribution in [0.3, 0.4) is 0 Å². The molecule has 15 heavy (non-hydrogen) atoms. The van der Waals surface area contributed by atoms with Gasteiger partial charge in [0.25, 0.3) is 0 Å². The van der Waals surface area contributed by atoms with E-state index in [9.17, 15) is 0 Å². The largest absolute Gasteiger partial charge is 0.370 e. The highest BCUT2D eigenvalue weighted by molar-refractivity contribution is 5.81. The minimum atomic E-state index is 1.08. The maximum Gasteiger partial charge on any atom is 0.0703 e. The third-order valence-corrected chi connectivity index (χ3v) is 3.05. The molecule has 2 aromatic rings. The average molecular weight is 198 g/mol. The van der Waals surface area contributed by atoms with E-state index in [0.717, 1.165) is 5.52 Å². The highest BCUT2D eigenvalue weighted by Crippen LogP contribution is 2.22. The van der Waals surface area contributed by atoms with Crippen LogP contribution in [0.2, 0.25) is 0 Å². The molecule has 0 unspecified atom stereocenters. The van der Waals surface area contributed by atoms with Gasteiger partial charge in [0.2, 0.25) is 0 Å². The van der Waals surface area contributed by atoms with Crippen LogP contribution in [0, 0.1) is 0 Å². The molecule has 0 aliphatic carbocycles. The molecule has 1 fully saturated rings. The van der Waals surface area contributed by atoms with Gasteiger partial charge in [-0.05, 0) is 25.0 Å². The van der Waals surface area contributed by atoms with Gasteiger partial charge < -0.3 is 4.90 Å². The van der Waals surface area contributed by atoms with Crippen molar-refractivity contribution in [2.24, 2.45) is 0 Å². The lowest BCUT2D eigenvalue weighted by atomic mass is 10.2. The number of fused-ring (bicyclic) bond motifs is 1. The van der Waals surface area contributed by atoms with Crippen LogP contribution in [0.25, 0.3) is 10.9 Å². The second-order valence-electron chi connectivity index (χ2n) is 4.08. The van der Waals surface area contributed by atoms with Crippen LogP contribution in [0.5, 0.6) is 0 Å². The molecular weight excluding hydrogens is 184 g/mol. The molecule has 1 aliphatic heterocycles. The van der Waals surface area contributed by atoms with Crippen molar-refractivity contribution in [1.82, 2.24) is 4.98 Å². The summed E-state index contributed by atoms with van der Waals surface area (Å²) in [6.07, 6.45) is 4.62. The number of para-hydroxylation sites is 1. The molecule has 76 valence electrons. The molecule has 2 heteroatoms. The highest BCUT2D eigenvalue weighted by atomic mass is 15.1. The maximum atomic E-state index is 4.48. The first-order chi connectivity index (χ1) is 7.43. The lowest BCUT2D eigenvalue weighted by Crippen LogP contribution is -2.17. The molecule has 1 aliphatic rings. The number of nitrogens with zero attached hydrogens (tertiary/aromatic N) is 2. The number of anilines is 1. The van der Waals surface area contributed by atoms with Crippen molar-refractivity contribution in [2.45, 2.75) is 12.8 Å². The summed E-state index contributed by atoms with van der Waals surface area (Å²) >= 11 is 0. The molecule has 2 nitrogen and oxygen atoms in total. The Hall–Kier alpha value is -1.57. The summed E-state index contributed by atoms with van der Waals surface area (Å²) in [4.78, 5) is 6.90. The second kappa shape index (κ2) is 3.54. The van der Waals surface area contributed by atoms with Gasteiger partial charge in [-0.2, -0.15) is 0 Å². The van der Waals surface area contributed by atoms with Crippen LogP contribution in [-0.2, 0) is 0 Å². The lowest BCUT2D eigenvalue weighted by molar-refractivity contribution is 0.949. The van der Waals surface area contributed by atoms with E-state index in [-0.39, 0.29) is 0 Å². The quantitative estimate of drug-likeness (QED) is 0.700. The van der Waals surface area contributed by atoms with Gasteiger partial charge in [0, 0.05) is 18.5 Å². The van der Waals surface area contributed by atoms with E-state index in [1.54, 1.807) is 0 Å². The molecule has 0 bridgehead atoms. The highest BCUT2D eigenvalue weighted by Gasteiger charge is 2.12. The molecular formula is C13H14N2. The van der Waals surface area contributed by atoms with E-state index in [1.165, 1.54) is 37.0 Å². The van der Waals surface area contributed by atoms with Crippen LogP contribution >= 0.6 is 0 Å². The average Bonchev–Trinajstić information content (AvgIpc) is 2.82. The van der Waals surface area contributed by atoms with Gasteiger partial charge in [-0.25, -0.2) is 0 Å². The molecule has 0 amide bonds. The van der Waals surface area contributed by atoms with E-state index in [0.29, 0.717) is 0 Å². The number of hydrogen-bond donors (Lipinski definition) is 0. The first kappa shape index (κ1) is 8.72. The number of aromatic nitrogens is 1. The summed E-state index contributed by atoms with van der Waals surface area (Å²) in [7, 11) is 0. The SMILES string of the molecule is c1ccc2ncc(N3CCCC3)cc2c1. The zero-order valence-electron chi connectivity index (χ0n) is 8.69. The van der Waals surface area contributed by atoms with Crippen molar-refractivity contribution in [3.05, 3.63) is 36.5 Å². The third-order valence-electron chi connectivity index (χ3n) is 3.05. The normalized spacial score (nSPS) is 16.1. The van der Waals surface area contributed by atoms with Crippen molar-refractivity contribution >= 4 is 16.6 Å². The molecule has 0 N–H and O–H groups in total. The predicted octanol–water partition coefficient (Wildman–Crippen LogP) is 2.84. The van der Waals surface area contributed by atoms with Crippen molar-refractivity contribution in [2.75, 3.05) is 18.0 Å². The van der Waals surface area contributed by atoms with Crippen LogP contribution in [0.4, 0.5) is 5.69 Å². The molecule has 0 spiro atoms. The zero-order valence-corrected chi connectivity index (χ0v) is 8.69. The fraction of sp³-hybridized carbons (Fsp3) is 0.308. The Balaban J connectivity index is 2.05. The molecule has 0 atom stereocenters. The Morgan fingerprint density at radius 2 is 1.87 bits per heavy atom. The Morgan fingerprint density at radius 1 is 1.07 bits per heavy atom. The van der Waals surface area contributed by atoms with E-state index in [1.807, 2.05) is 12.3 Å². The minimum Gasteiger partial charge on any atom is -0.370 e. The first-order valence-corrected chi connectivity index (χ1v) is 5.53. The van der Waals surface area contributed by atoms with Gasteiger partial charge >= 0.3 is 0 Å². The third kappa shape index (κ3) is 1.56. The summed E-state index contributed by atoms with van der Waals surface area (Å²) in [5.41, 5.74) is 2.35. The van der Waals surface area contributed by atoms with Gasteiger partial charge in [-0.3, -0.25) is 4.98 Å². The summed E-state index contributed by atoms with van der Waals surface area (Å²) < 4.78 is 0. The summed E-state index contributed by atoms with van der Waals surface area (Å²) in [6.45, 7) is 2.36. The maximum absolute atomic E-state index is 4.48. The summed E-state index contributed by atoms with van der Waals surface area (Å²) in [6, 6.07) is 10.5. The topological polar surface area (TPSA) is 16.1 Å². The monoisotopic (exact) mass is 198 g/mol. The molecule has 0 saturated carbocycles. The van der Waals surface area contributed by atoms with Crippen molar-refractivity contribution < 1.29 is 0 Å². The fourth-order valence-electron chi connectivity index (χ4n) is 2.21. The van der Waals surface area contributed by atoms with Crippen LogP contribution in [0.1, 0.15) is 12.8 Å². The summed E-state index contributed by atoms with van der Waals surface area (Å²) in [5, 5.41) is 1.24. The number of rotatable bonds is 1. The molecule has 1 saturated heterocycles. The number of hydrogen-bond acceptors (Lipinski definition) is 2. The van der Waals surface area contributed by atoms with Crippen LogP contribution < -0.4 is 4.90 Å². The van der Waals surface area contributed by atoms with Crippen LogP contribution in [-0.4, -0.2) is 18.1 Å². The molecule has 2 heterocycles. The Kier molecular flexibility index (Phi) is 2.05. The van der Waals surface area contributed by atoms with Crippen molar-refractivity contribution in [3.8, 4) is 0 Å². The van der Waals surface area contributed by atoms with Gasteiger partial charge in [-0.1, -0.05) is 18.2 Å². The van der Waals surface area contributed by atoms with E-state index < -0.39 is 0 Å². The Labute approximate surface area is 89.5 Å². The molecule has 1 aromatic heterocycles. The van der Waals surface area contributed by atoms with Crippen molar-refractivity contribution in [1.29, 1.82) is 0 Å². The van der Waals surface area contributed by atoms with Gasteiger partial charge in [0.15, 0.2) is 0 Å². The van der Waals surface area contributed by atoms with E-state index in [4.69, 9.17) is 0 Å². The predicted molar refractivity (Wildman–Crippen MR) is 63.2 cm³/mol. The summed E-state index contributed by atoms with van der Waals surface area (Å²) in [5.74, 6) is 0. The Morgan fingerprint density at radius 3 is 2.73 bits per heavy atom. The van der Waals surface area contributed by atoms with Crippen molar-refractivity contribution in [3.63, 3.8) is 0 Å². The standard InChI is InChI=1S/C13H14N2/c1-2-6-13-11(5-1)9-12(10-14-13)15-7-3-4-8-15/h1-2,5-6,9-10H,3-4,7-8H2. The van der Waals surface area contributed by atoms with Gasteiger partial charge in [0.1, 0.15) is 0 Å². The molecule has 0 radical (unpaired) electrons. The smallest absolute Gasteiger partial charge is 0.0703 e. The first-order valence-electron chi connectivity index (χ1n) is 5.53. The number of benzene rings is 1. The molecule has 3 rings (SSSR count). The minimum absolute atomic E-state index is 1.08. The number of pyridine rings is 1. The van der Waals surface area contributed by atoms with Gasteiger partial charge in [0.05, 0.1) is 17.4 Å². The van der Waals surface area contributed by atoms with Crippen LogP contribution in [0.15, 0.2) is 36.5 Å². The van der Waals surface area contributed by atoms with E-state index >= 15 is 0 Å². The van der Waals surface area contributed by atoms with E-state index in [2.05, 4.69) is 34.1 Å². The molecule has 1 aromatic carbocycles.